The van der Waals surface area contributed by atoms with E-state index in [1.54, 1.807) is 0 Å². The second-order valence-electron chi connectivity index (χ2n) is 5.14. The molecule has 1 aliphatic carbocycles. The van der Waals surface area contributed by atoms with Gasteiger partial charge in [0.05, 0.1) is 0 Å². The van der Waals surface area contributed by atoms with Crippen molar-refractivity contribution in [3.63, 3.8) is 0 Å². The number of rotatable bonds is 4. The van der Waals surface area contributed by atoms with E-state index in [4.69, 9.17) is 0 Å². The normalized spacial score (nSPS) is 19.1. The Labute approximate surface area is 110 Å². The van der Waals surface area contributed by atoms with E-state index in [-0.39, 0.29) is 12.4 Å². The van der Waals surface area contributed by atoms with Gasteiger partial charge >= 0.3 is 0 Å². The fraction of sp³-hybridized carbons (Fsp3) is 0.571. The van der Waals surface area contributed by atoms with Crippen LogP contribution < -0.4 is 10.6 Å². The van der Waals surface area contributed by atoms with Gasteiger partial charge in [0.25, 0.3) is 0 Å². The molecule has 0 bridgehead atoms. The van der Waals surface area contributed by atoms with Gasteiger partial charge in [0.15, 0.2) is 0 Å². The van der Waals surface area contributed by atoms with Crippen LogP contribution in [0.4, 0.5) is 5.69 Å². The van der Waals surface area contributed by atoms with Crippen molar-refractivity contribution in [2.45, 2.75) is 38.8 Å². The van der Waals surface area contributed by atoms with Crippen molar-refractivity contribution in [1.29, 1.82) is 0 Å². The fourth-order valence-corrected chi connectivity index (χ4v) is 2.59. The van der Waals surface area contributed by atoms with Crippen molar-refractivity contribution in [2.24, 2.45) is 5.92 Å². The van der Waals surface area contributed by atoms with Crippen LogP contribution in [0.5, 0.6) is 0 Å². The first-order valence-electron chi connectivity index (χ1n) is 6.42. The van der Waals surface area contributed by atoms with Gasteiger partial charge in [-0.15, -0.1) is 12.4 Å². The molecule has 0 radical (unpaired) electrons. The second kappa shape index (κ2) is 5.28. The molecule has 2 nitrogen and oxygen atoms in total. The molecule has 1 saturated carbocycles. The molecule has 0 amide bonds. The van der Waals surface area contributed by atoms with Gasteiger partial charge in [-0.05, 0) is 43.2 Å². The average Bonchev–Trinajstić information content (AvgIpc) is 3.04. The van der Waals surface area contributed by atoms with E-state index in [9.17, 15) is 0 Å². The number of hydrogen-bond donors (Lipinski definition) is 2. The van der Waals surface area contributed by atoms with Crippen LogP contribution >= 0.6 is 12.4 Å². The zero-order valence-corrected chi connectivity index (χ0v) is 11.1. The van der Waals surface area contributed by atoms with Gasteiger partial charge in [0.2, 0.25) is 0 Å². The maximum atomic E-state index is 3.65. The zero-order valence-electron chi connectivity index (χ0n) is 10.3. The van der Waals surface area contributed by atoms with E-state index in [2.05, 4.69) is 35.8 Å². The lowest BCUT2D eigenvalue weighted by Crippen LogP contribution is -2.27. The Morgan fingerprint density at radius 1 is 1.41 bits per heavy atom. The summed E-state index contributed by atoms with van der Waals surface area (Å²) in [5.41, 5.74) is 4.30. The molecule has 1 aliphatic heterocycles. The molecule has 2 aliphatic rings. The minimum atomic E-state index is 0. The van der Waals surface area contributed by atoms with E-state index >= 15 is 0 Å². The first-order chi connectivity index (χ1) is 7.84. The molecule has 1 aromatic rings. The highest BCUT2D eigenvalue weighted by Crippen LogP contribution is 2.33. The van der Waals surface area contributed by atoms with Crippen LogP contribution in [0.1, 0.15) is 30.9 Å². The maximum Gasteiger partial charge on any atom is 0.0419 e. The van der Waals surface area contributed by atoms with Gasteiger partial charge in [-0.25, -0.2) is 0 Å². The van der Waals surface area contributed by atoms with Crippen LogP contribution in [0.3, 0.4) is 0 Å². The SMILES string of the molecule is CC(NCc1cccc2c1NCC2)C1CC1.Cl. The molecule has 3 rings (SSSR count). The molecule has 94 valence electrons. The molecule has 0 saturated heterocycles. The van der Waals surface area contributed by atoms with Crippen LogP contribution in [-0.4, -0.2) is 12.6 Å². The molecule has 17 heavy (non-hydrogen) atoms. The third-order valence-electron chi connectivity index (χ3n) is 3.88. The topological polar surface area (TPSA) is 24.1 Å². The van der Waals surface area contributed by atoms with Gasteiger partial charge in [0, 0.05) is 24.8 Å². The van der Waals surface area contributed by atoms with Crippen LogP contribution in [-0.2, 0) is 13.0 Å². The summed E-state index contributed by atoms with van der Waals surface area (Å²) in [4.78, 5) is 0. The van der Waals surface area contributed by atoms with E-state index in [1.165, 1.54) is 36.1 Å². The summed E-state index contributed by atoms with van der Waals surface area (Å²) in [7, 11) is 0. The Bertz CT molecular complexity index is 388. The third kappa shape index (κ3) is 2.75. The fourth-order valence-electron chi connectivity index (χ4n) is 2.59. The van der Waals surface area contributed by atoms with E-state index in [0.29, 0.717) is 6.04 Å². The molecular weight excluding hydrogens is 232 g/mol. The third-order valence-corrected chi connectivity index (χ3v) is 3.88. The van der Waals surface area contributed by atoms with Crippen LogP contribution in [0, 0.1) is 5.92 Å². The van der Waals surface area contributed by atoms with Crippen molar-refractivity contribution in [3.8, 4) is 0 Å². The number of benzene rings is 1. The Hall–Kier alpha value is -0.730. The van der Waals surface area contributed by atoms with Crippen LogP contribution in [0.25, 0.3) is 0 Å². The van der Waals surface area contributed by atoms with Crippen LogP contribution in [0.15, 0.2) is 18.2 Å². The molecule has 1 heterocycles. The Balaban J connectivity index is 0.00000108. The highest BCUT2D eigenvalue weighted by molar-refractivity contribution is 5.85. The van der Waals surface area contributed by atoms with E-state index in [0.717, 1.165) is 19.0 Å². The highest BCUT2D eigenvalue weighted by Gasteiger charge is 2.27. The van der Waals surface area contributed by atoms with Gasteiger partial charge in [-0.2, -0.15) is 0 Å². The first-order valence-corrected chi connectivity index (χ1v) is 6.42. The van der Waals surface area contributed by atoms with Gasteiger partial charge in [0.1, 0.15) is 0 Å². The average molecular weight is 253 g/mol. The molecule has 0 spiro atoms. The summed E-state index contributed by atoms with van der Waals surface area (Å²) < 4.78 is 0. The number of nitrogens with one attached hydrogen (secondary N) is 2. The Morgan fingerprint density at radius 2 is 2.24 bits per heavy atom. The number of halogens is 1. The monoisotopic (exact) mass is 252 g/mol. The van der Waals surface area contributed by atoms with Crippen molar-refractivity contribution in [2.75, 3.05) is 11.9 Å². The van der Waals surface area contributed by atoms with Gasteiger partial charge in [-0.1, -0.05) is 18.2 Å². The lowest BCUT2D eigenvalue weighted by Gasteiger charge is -2.15. The molecule has 1 atom stereocenters. The molecule has 1 aromatic carbocycles. The minimum Gasteiger partial charge on any atom is -0.384 e. The van der Waals surface area contributed by atoms with Crippen molar-refractivity contribution < 1.29 is 0 Å². The largest absolute Gasteiger partial charge is 0.384 e. The summed E-state index contributed by atoms with van der Waals surface area (Å²) in [6, 6.07) is 7.34. The van der Waals surface area contributed by atoms with E-state index < -0.39 is 0 Å². The molecule has 1 unspecified atom stereocenters. The summed E-state index contributed by atoms with van der Waals surface area (Å²) in [6.07, 6.45) is 4.01. The zero-order chi connectivity index (χ0) is 11.0. The Morgan fingerprint density at radius 3 is 3.00 bits per heavy atom. The van der Waals surface area contributed by atoms with Crippen molar-refractivity contribution in [3.05, 3.63) is 29.3 Å². The highest BCUT2D eigenvalue weighted by atomic mass is 35.5. The smallest absolute Gasteiger partial charge is 0.0419 e. The van der Waals surface area contributed by atoms with E-state index in [1.807, 2.05) is 0 Å². The lowest BCUT2D eigenvalue weighted by atomic mass is 10.1. The number of hydrogen-bond acceptors (Lipinski definition) is 2. The summed E-state index contributed by atoms with van der Waals surface area (Å²) >= 11 is 0. The Kier molecular flexibility index (Phi) is 3.95. The van der Waals surface area contributed by atoms with Gasteiger partial charge < -0.3 is 10.6 Å². The molecule has 0 aromatic heterocycles. The molecule has 3 heteroatoms. The molecule has 1 fully saturated rings. The number of para-hydroxylation sites is 1. The maximum absolute atomic E-state index is 3.65. The lowest BCUT2D eigenvalue weighted by molar-refractivity contribution is 0.496. The first kappa shape index (κ1) is 12.7. The quantitative estimate of drug-likeness (QED) is 0.861. The minimum absolute atomic E-state index is 0. The van der Waals surface area contributed by atoms with Crippen molar-refractivity contribution in [1.82, 2.24) is 5.32 Å². The second-order valence-corrected chi connectivity index (χ2v) is 5.14. The summed E-state index contributed by atoms with van der Waals surface area (Å²) in [5, 5.41) is 7.15. The molecule has 2 N–H and O–H groups in total. The summed E-state index contributed by atoms with van der Waals surface area (Å²) in [6.45, 7) is 4.42. The summed E-state index contributed by atoms with van der Waals surface area (Å²) in [5.74, 6) is 0.935. The number of anilines is 1. The predicted octanol–water partition coefficient (Wildman–Crippen LogP) is 2.96. The van der Waals surface area contributed by atoms with Crippen molar-refractivity contribution >= 4 is 18.1 Å². The number of fused-ring (bicyclic) bond motifs is 1. The standard InChI is InChI=1S/C14H20N2.ClH/c1-10(11-5-6-11)16-9-13-4-2-3-12-7-8-15-14(12)13;/h2-4,10-11,15-16H,5-9H2,1H3;1H. The van der Waals surface area contributed by atoms with Gasteiger partial charge in [-0.3, -0.25) is 0 Å². The molecular formula is C14H21ClN2. The van der Waals surface area contributed by atoms with Crippen LogP contribution in [0.2, 0.25) is 0 Å². The predicted molar refractivity (Wildman–Crippen MR) is 74.9 cm³/mol.